The van der Waals surface area contributed by atoms with Crippen molar-refractivity contribution in [2.24, 2.45) is 0 Å². The third-order valence-corrected chi connectivity index (χ3v) is 9.65. The van der Waals surface area contributed by atoms with E-state index in [2.05, 4.69) is 68.5 Å². The number of esters is 2. The number of phosphoric ester groups is 1. The van der Waals surface area contributed by atoms with E-state index in [0.29, 0.717) is 30.3 Å². The van der Waals surface area contributed by atoms with Crippen molar-refractivity contribution in [3.05, 3.63) is 72.9 Å². The van der Waals surface area contributed by atoms with E-state index in [4.69, 9.17) is 18.5 Å². The SMILES string of the molecule is CC/C=C\C/C=C\C/C=C\C/C=C\CCCCCCC(=O)O[C@H](COC(=O)CCCCCCCC(=O)/C=C/C=C\CCCCC)COP(=O)([O-])OCC[N+](C)(C)C. The van der Waals surface area contributed by atoms with Gasteiger partial charge in [0.2, 0.25) is 0 Å². The third kappa shape index (κ3) is 41.1. The van der Waals surface area contributed by atoms with Crippen molar-refractivity contribution in [3.63, 3.8) is 0 Å². The first kappa shape index (κ1) is 54.1. The van der Waals surface area contributed by atoms with Crippen LogP contribution in [0.4, 0.5) is 0 Å². The van der Waals surface area contributed by atoms with Gasteiger partial charge >= 0.3 is 11.9 Å². The lowest BCUT2D eigenvalue weighted by Crippen LogP contribution is -2.37. The van der Waals surface area contributed by atoms with E-state index in [1.54, 1.807) is 6.08 Å². The number of phosphoric acid groups is 1. The number of nitrogens with zero attached hydrogens (tertiary/aromatic N) is 1. The van der Waals surface area contributed by atoms with Gasteiger partial charge in [0.25, 0.3) is 7.82 Å². The molecule has 10 nitrogen and oxygen atoms in total. The van der Waals surface area contributed by atoms with Crippen LogP contribution in [0, 0.1) is 0 Å². The molecule has 0 fully saturated rings. The van der Waals surface area contributed by atoms with Gasteiger partial charge in [0.15, 0.2) is 11.9 Å². The Morgan fingerprint density at radius 2 is 1.16 bits per heavy atom. The zero-order valence-corrected chi connectivity index (χ0v) is 37.1. The Labute approximate surface area is 346 Å². The Balaban J connectivity index is 4.52. The van der Waals surface area contributed by atoms with Crippen LogP contribution in [0.5, 0.6) is 0 Å². The van der Waals surface area contributed by atoms with Crippen LogP contribution in [-0.2, 0) is 37.5 Å². The smallest absolute Gasteiger partial charge is 0.306 e. The maximum atomic E-state index is 12.7. The Bertz CT molecular complexity index is 1260. The van der Waals surface area contributed by atoms with Crippen LogP contribution in [0.25, 0.3) is 0 Å². The number of hydrogen-bond donors (Lipinski definition) is 0. The van der Waals surface area contributed by atoms with E-state index in [1.165, 1.54) is 19.3 Å². The highest BCUT2D eigenvalue weighted by molar-refractivity contribution is 7.45. The number of likely N-dealkylation sites (N-methyl/N-ethyl adjacent to an activating group) is 1. The Morgan fingerprint density at radius 3 is 1.79 bits per heavy atom. The first-order chi connectivity index (χ1) is 27.4. The molecule has 326 valence electrons. The summed E-state index contributed by atoms with van der Waals surface area (Å²) in [6.45, 7) is 3.87. The molecule has 0 N–H and O–H groups in total. The van der Waals surface area contributed by atoms with Crippen molar-refractivity contribution in [2.45, 2.75) is 155 Å². The fraction of sp³-hybridized carbons (Fsp3) is 0.674. The monoisotopic (exact) mass is 820 g/mol. The first-order valence-corrected chi connectivity index (χ1v) is 23.1. The number of unbranched alkanes of at least 4 members (excludes halogenated alkanes) is 11. The highest BCUT2D eigenvalue weighted by atomic mass is 31.2. The van der Waals surface area contributed by atoms with Gasteiger partial charge in [-0.1, -0.05) is 126 Å². The van der Waals surface area contributed by atoms with E-state index in [-0.39, 0.29) is 31.8 Å². The number of carbonyl (C=O) groups is 3. The molecule has 0 spiro atoms. The molecule has 0 aliphatic heterocycles. The predicted octanol–water partition coefficient (Wildman–Crippen LogP) is 10.8. The van der Waals surface area contributed by atoms with Crippen molar-refractivity contribution >= 4 is 25.5 Å². The normalized spacial score (nSPS) is 14.2. The number of ketones is 1. The summed E-state index contributed by atoms with van der Waals surface area (Å²) in [5.41, 5.74) is 0. The highest BCUT2D eigenvalue weighted by Crippen LogP contribution is 2.38. The number of ether oxygens (including phenoxy) is 2. The summed E-state index contributed by atoms with van der Waals surface area (Å²) in [5, 5.41) is 0. The van der Waals surface area contributed by atoms with Gasteiger partial charge in [0.1, 0.15) is 19.8 Å². The number of quaternary nitrogens is 1. The lowest BCUT2D eigenvalue weighted by Gasteiger charge is -2.28. The standard InChI is InChI=1S/C46H78NO9P/c1-6-8-10-12-14-15-16-17-18-19-20-21-22-23-25-29-34-38-46(50)56-44(42-55-57(51,52)54-40-39-47(3,4)5)41-53-45(49)37-33-30-26-28-32-36-43(48)35-31-27-24-13-11-9-7-2/h8,10,14-15,17-18,20-21,24,27,31,35,44H,6-7,9,11-13,16,19,22-23,25-26,28-30,32-34,36-42H2,1-5H3/b10-8-,15-14-,18-17-,21-20-,27-24-,35-31+/t44-/m1/s1. The highest BCUT2D eigenvalue weighted by Gasteiger charge is 2.21. The molecular formula is C46H78NO9P. The second-order valence-corrected chi connectivity index (χ2v) is 16.8. The fourth-order valence-electron chi connectivity index (χ4n) is 5.27. The molecule has 0 aromatic carbocycles. The average molecular weight is 820 g/mol. The van der Waals surface area contributed by atoms with Crippen LogP contribution in [0.15, 0.2) is 72.9 Å². The minimum Gasteiger partial charge on any atom is -0.756 e. The van der Waals surface area contributed by atoms with E-state index < -0.39 is 32.5 Å². The molecule has 0 saturated heterocycles. The van der Waals surface area contributed by atoms with Gasteiger partial charge in [-0.15, -0.1) is 0 Å². The quantitative estimate of drug-likeness (QED) is 0.0114. The molecule has 0 aromatic heterocycles. The minimum absolute atomic E-state index is 0.0593. The number of hydrogen-bond acceptors (Lipinski definition) is 9. The molecule has 57 heavy (non-hydrogen) atoms. The van der Waals surface area contributed by atoms with E-state index in [0.717, 1.165) is 83.5 Å². The lowest BCUT2D eigenvalue weighted by molar-refractivity contribution is -0.870. The Kier molecular flexibility index (Phi) is 35.5. The minimum atomic E-state index is -4.66. The molecule has 0 aliphatic carbocycles. The molecule has 0 bridgehead atoms. The van der Waals surface area contributed by atoms with Crippen LogP contribution < -0.4 is 4.89 Å². The topological polar surface area (TPSA) is 128 Å². The van der Waals surface area contributed by atoms with Crippen LogP contribution in [0.2, 0.25) is 0 Å². The molecular weight excluding hydrogens is 741 g/mol. The number of allylic oxidation sites excluding steroid dienone is 12. The zero-order valence-electron chi connectivity index (χ0n) is 36.3. The van der Waals surface area contributed by atoms with E-state index in [1.807, 2.05) is 33.3 Å². The molecule has 0 amide bonds. The van der Waals surface area contributed by atoms with Crippen molar-refractivity contribution in [2.75, 3.05) is 47.5 Å². The molecule has 0 saturated carbocycles. The summed E-state index contributed by atoms with van der Waals surface area (Å²) in [4.78, 5) is 49.5. The zero-order chi connectivity index (χ0) is 42.3. The van der Waals surface area contributed by atoms with Gasteiger partial charge in [-0.25, -0.2) is 0 Å². The van der Waals surface area contributed by atoms with Crippen LogP contribution >= 0.6 is 7.82 Å². The van der Waals surface area contributed by atoms with E-state index >= 15 is 0 Å². The number of carbonyl (C=O) groups excluding carboxylic acids is 3. The van der Waals surface area contributed by atoms with Crippen molar-refractivity contribution < 1.29 is 46.8 Å². The number of rotatable bonds is 38. The molecule has 11 heteroatoms. The molecule has 0 aromatic rings. The van der Waals surface area contributed by atoms with E-state index in [9.17, 15) is 23.8 Å². The summed E-state index contributed by atoms with van der Waals surface area (Å²) < 4.78 is 33.7. The maximum Gasteiger partial charge on any atom is 0.306 e. The molecule has 0 rings (SSSR count). The summed E-state index contributed by atoms with van der Waals surface area (Å²) in [6.07, 6.45) is 41.8. The second kappa shape index (κ2) is 37.4. The van der Waals surface area contributed by atoms with Gasteiger partial charge in [0.05, 0.1) is 27.7 Å². The van der Waals surface area contributed by atoms with Crippen molar-refractivity contribution in [1.29, 1.82) is 0 Å². The molecule has 0 aliphatic rings. The second-order valence-electron chi connectivity index (χ2n) is 15.4. The van der Waals surface area contributed by atoms with Gasteiger partial charge in [0, 0.05) is 19.3 Å². The third-order valence-electron chi connectivity index (χ3n) is 8.69. The summed E-state index contributed by atoms with van der Waals surface area (Å²) >= 11 is 0. The van der Waals surface area contributed by atoms with Gasteiger partial charge in [-0.05, 0) is 76.7 Å². The van der Waals surface area contributed by atoms with Gasteiger partial charge in [-0.3, -0.25) is 18.9 Å². The summed E-state index contributed by atoms with van der Waals surface area (Å²) in [5.74, 6) is -0.844. The van der Waals surface area contributed by atoms with Crippen LogP contribution in [0.1, 0.15) is 149 Å². The Morgan fingerprint density at radius 1 is 0.614 bits per heavy atom. The predicted molar refractivity (Wildman–Crippen MR) is 231 cm³/mol. The molecule has 0 heterocycles. The van der Waals surface area contributed by atoms with Crippen LogP contribution in [0.3, 0.4) is 0 Å². The van der Waals surface area contributed by atoms with Gasteiger partial charge in [-0.2, -0.15) is 0 Å². The van der Waals surface area contributed by atoms with Crippen molar-refractivity contribution in [1.82, 2.24) is 0 Å². The summed E-state index contributed by atoms with van der Waals surface area (Å²) in [7, 11) is 1.07. The summed E-state index contributed by atoms with van der Waals surface area (Å²) in [6, 6.07) is 0. The molecule has 1 unspecified atom stereocenters. The first-order valence-electron chi connectivity index (χ1n) is 21.6. The van der Waals surface area contributed by atoms with Gasteiger partial charge < -0.3 is 27.9 Å². The van der Waals surface area contributed by atoms with Crippen LogP contribution in [-0.4, -0.2) is 75.8 Å². The largest absolute Gasteiger partial charge is 0.756 e. The Hall–Kier alpha value is -2.88. The van der Waals surface area contributed by atoms with Crippen molar-refractivity contribution in [3.8, 4) is 0 Å². The fourth-order valence-corrected chi connectivity index (χ4v) is 6.00. The molecule has 2 atom stereocenters. The maximum absolute atomic E-state index is 12.7. The lowest BCUT2D eigenvalue weighted by atomic mass is 10.1. The molecule has 0 radical (unpaired) electrons. The average Bonchev–Trinajstić information content (AvgIpc) is 3.15.